The van der Waals surface area contributed by atoms with E-state index >= 15 is 0 Å². The molecule has 0 radical (unpaired) electrons. The molecule has 8 heteroatoms. The van der Waals surface area contributed by atoms with E-state index in [2.05, 4.69) is 0 Å². The lowest BCUT2D eigenvalue weighted by atomic mass is 9.94. The largest absolute Gasteiger partial charge is 0.507 e. The summed E-state index contributed by atoms with van der Waals surface area (Å²) in [6.07, 6.45) is 0.424. The van der Waals surface area contributed by atoms with Gasteiger partial charge in [-0.1, -0.05) is 18.2 Å². The molecule has 2 aromatic carbocycles. The van der Waals surface area contributed by atoms with Crippen LogP contribution < -0.4 is 14.2 Å². The first-order chi connectivity index (χ1) is 15.9. The fourth-order valence-corrected chi connectivity index (χ4v) is 4.08. The van der Waals surface area contributed by atoms with Gasteiger partial charge in [-0.2, -0.15) is 0 Å². The lowest BCUT2D eigenvalue weighted by Crippen LogP contribution is -2.31. The highest BCUT2D eigenvalue weighted by molar-refractivity contribution is 6.46. The predicted molar refractivity (Wildman–Crippen MR) is 120 cm³/mol. The molecular formula is C25H27NO7. The van der Waals surface area contributed by atoms with Crippen LogP contribution in [0, 0.1) is 0 Å². The van der Waals surface area contributed by atoms with Gasteiger partial charge >= 0.3 is 0 Å². The molecule has 1 amide bonds. The topological polar surface area (TPSA) is 94.5 Å². The summed E-state index contributed by atoms with van der Waals surface area (Å²) < 4.78 is 21.9. The van der Waals surface area contributed by atoms with E-state index in [1.807, 2.05) is 32.0 Å². The van der Waals surface area contributed by atoms with Crippen LogP contribution in [0.15, 0.2) is 48.0 Å². The molecule has 0 aliphatic carbocycles. The van der Waals surface area contributed by atoms with E-state index < -0.39 is 17.7 Å². The van der Waals surface area contributed by atoms with Gasteiger partial charge < -0.3 is 29.0 Å². The summed E-state index contributed by atoms with van der Waals surface area (Å²) in [7, 11) is 1.58. The monoisotopic (exact) mass is 453 g/mol. The number of para-hydroxylation sites is 1. The van der Waals surface area contributed by atoms with Crippen molar-refractivity contribution in [3.05, 3.63) is 59.2 Å². The predicted octanol–water partition coefficient (Wildman–Crippen LogP) is 3.66. The number of aliphatic hydroxyl groups excluding tert-OH is 1. The average molecular weight is 453 g/mol. The molecule has 1 fully saturated rings. The van der Waals surface area contributed by atoms with Crippen molar-refractivity contribution < 1.29 is 33.6 Å². The van der Waals surface area contributed by atoms with Gasteiger partial charge in [-0.25, -0.2) is 0 Å². The Labute approximate surface area is 192 Å². The van der Waals surface area contributed by atoms with Crippen LogP contribution in [0.1, 0.15) is 37.4 Å². The average Bonchev–Trinajstić information content (AvgIpc) is 3.36. The summed E-state index contributed by atoms with van der Waals surface area (Å²) in [6.45, 7) is 4.61. The van der Waals surface area contributed by atoms with Crippen molar-refractivity contribution in [3.8, 4) is 17.2 Å². The molecule has 2 aliphatic heterocycles. The quantitative estimate of drug-likeness (QED) is 0.282. The molecule has 1 N–H and O–H groups in total. The Hall–Kier alpha value is -3.52. The van der Waals surface area contributed by atoms with Gasteiger partial charge in [-0.15, -0.1) is 0 Å². The number of ether oxygens (including phenoxy) is 4. The molecule has 2 aromatic rings. The van der Waals surface area contributed by atoms with Gasteiger partial charge in [0.25, 0.3) is 11.7 Å². The second-order valence-electron chi connectivity index (χ2n) is 8.11. The molecule has 8 nitrogen and oxygen atoms in total. The van der Waals surface area contributed by atoms with E-state index in [-0.39, 0.29) is 30.8 Å². The molecule has 4 rings (SSSR count). The number of rotatable bonds is 8. The molecule has 1 atom stereocenters. The Kier molecular flexibility index (Phi) is 6.55. The number of carbonyl (C=O) groups excluding carboxylic acids is 2. The van der Waals surface area contributed by atoms with Gasteiger partial charge in [-0.05, 0) is 44.5 Å². The molecule has 174 valence electrons. The Morgan fingerprint density at radius 3 is 2.67 bits per heavy atom. The lowest BCUT2D eigenvalue weighted by Gasteiger charge is -2.27. The first-order valence-electron chi connectivity index (χ1n) is 10.8. The van der Waals surface area contributed by atoms with Crippen molar-refractivity contribution in [2.45, 2.75) is 32.4 Å². The lowest BCUT2D eigenvalue weighted by molar-refractivity contribution is -0.140. The van der Waals surface area contributed by atoms with E-state index in [4.69, 9.17) is 18.9 Å². The van der Waals surface area contributed by atoms with Gasteiger partial charge in [0.05, 0.1) is 17.7 Å². The number of methoxy groups -OCH3 is 1. The second-order valence-corrected chi connectivity index (χ2v) is 8.11. The van der Waals surface area contributed by atoms with Crippen molar-refractivity contribution in [2.24, 2.45) is 0 Å². The number of likely N-dealkylation sites (tertiary alicyclic amines) is 1. The molecule has 0 bridgehead atoms. The maximum Gasteiger partial charge on any atom is 0.295 e. The molecule has 2 aliphatic rings. The summed E-state index contributed by atoms with van der Waals surface area (Å²) >= 11 is 0. The zero-order chi connectivity index (χ0) is 23.5. The fourth-order valence-electron chi connectivity index (χ4n) is 4.08. The first kappa shape index (κ1) is 22.7. The Morgan fingerprint density at radius 2 is 1.91 bits per heavy atom. The molecular weight excluding hydrogens is 426 g/mol. The van der Waals surface area contributed by atoms with Crippen molar-refractivity contribution in [1.29, 1.82) is 0 Å². The van der Waals surface area contributed by atoms with E-state index in [1.54, 1.807) is 31.4 Å². The van der Waals surface area contributed by atoms with Crippen LogP contribution in [-0.2, 0) is 14.3 Å². The van der Waals surface area contributed by atoms with Gasteiger partial charge in [-0.3, -0.25) is 9.59 Å². The molecule has 33 heavy (non-hydrogen) atoms. The summed E-state index contributed by atoms with van der Waals surface area (Å²) in [5.41, 5.74) is 1.00. The SMILES string of the molecule is COCCCN1C(=O)C(=O)/C(=C(/O)c2ccc3c(c2)OCO3)C1c1ccccc1OC(C)C. The highest BCUT2D eigenvalue weighted by Crippen LogP contribution is 2.44. The number of hydrogen-bond acceptors (Lipinski definition) is 7. The van der Waals surface area contributed by atoms with E-state index in [0.29, 0.717) is 41.4 Å². The van der Waals surface area contributed by atoms with E-state index in [9.17, 15) is 14.7 Å². The van der Waals surface area contributed by atoms with Crippen LogP contribution >= 0.6 is 0 Å². The normalized spacial score (nSPS) is 18.9. The number of carbonyl (C=O) groups is 2. The molecule has 1 unspecified atom stereocenters. The minimum Gasteiger partial charge on any atom is -0.507 e. The summed E-state index contributed by atoms with van der Waals surface area (Å²) in [5.74, 6) is -0.116. The standard InChI is InChI=1S/C25H27NO7/c1-15(2)33-18-8-5-4-7-17(18)22-21(24(28)25(29)26(22)11-6-12-30-3)23(27)16-9-10-19-20(13-16)32-14-31-19/h4-5,7-10,13,15,22,27H,6,11-12,14H2,1-3H3/b23-21+. The van der Waals surface area contributed by atoms with Crippen molar-refractivity contribution in [1.82, 2.24) is 4.90 Å². The van der Waals surface area contributed by atoms with Gasteiger partial charge in [0, 0.05) is 31.4 Å². The van der Waals surface area contributed by atoms with Crippen LogP contribution in [-0.4, -0.2) is 54.9 Å². The highest BCUT2D eigenvalue weighted by Gasteiger charge is 2.47. The number of nitrogens with zero attached hydrogens (tertiary/aromatic N) is 1. The van der Waals surface area contributed by atoms with E-state index in [0.717, 1.165) is 0 Å². The number of benzene rings is 2. The van der Waals surface area contributed by atoms with Gasteiger partial charge in [0.2, 0.25) is 6.79 Å². The Balaban J connectivity index is 1.84. The molecule has 2 heterocycles. The zero-order valence-electron chi connectivity index (χ0n) is 18.9. The summed E-state index contributed by atoms with van der Waals surface area (Å²) in [6, 6.07) is 11.3. The minimum atomic E-state index is -0.803. The molecule has 0 saturated carbocycles. The van der Waals surface area contributed by atoms with Crippen LogP contribution in [0.5, 0.6) is 17.2 Å². The van der Waals surface area contributed by atoms with Crippen LogP contribution in [0.25, 0.3) is 5.76 Å². The number of amides is 1. The van der Waals surface area contributed by atoms with Crippen molar-refractivity contribution in [2.75, 3.05) is 27.1 Å². The number of Topliss-reactive ketones (excluding diaryl/α,β-unsaturated/α-hetero) is 1. The molecule has 1 saturated heterocycles. The minimum absolute atomic E-state index is 0.0103. The first-order valence-corrected chi connectivity index (χ1v) is 10.8. The summed E-state index contributed by atoms with van der Waals surface area (Å²) in [5, 5.41) is 11.3. The third-order valence-electron chi connectivity index (χ3n) is 5.51. The van der Waals surface area contributed by atoms with Gasteiger partial charge in [0.1, 0.15) is 11.5 Å². The highest BCUT2D eigenvalue weighted by atomic mass is 16.7. The number of fused-ring (bicyclic) bond motifs is 1. The van der Waals surface area contributed by atoms with Crippen LogP contribution in [0.3, 0.4) is 0 Å². The van der Waals surface area contributed by atoms with Crippen molar-refractivity contribution in [3.63, 3.8) is 0 Å². The van der Waals surface area contributed by atoms with Crippen molar-refractivity contribution >= 4 is 17.4 Å². The van der Waals surface area contributed by atoms with E-state index in [1.165, 1.54) is 4.90 Å². The van der Waals surface area contributed by atoms with Crippen LogP contribution in [0.4, 0.5) is 0 Å². The smallest absolute Gasteiger partial charge is 0.295 e. The third kappa shape index (κ3) is 4.39. The summed E-state index contributed by atoms with van der Waals surface area (Å²) in [4.78, 5) is 27.7. The molecule has 0 spiro atoms. The maximum absolute atomic E-state index is 13.2. The zero-order valence-corrected chi connectivity index (χ0v) is 18.9. The third-order valence-corrected chi connectivity index (χ3v) is 5.51. The maximum atomic E-state index is 13.2. The number of hydrogen-bond donors (Lipinski definition) is 1. The number of ketones is 1. The van der Waals surface area contributed by atoms with Crippen LogP contribution in [0.2, 0.25) is 0 Å². The Morgan fingerprint density at radius 1 is 1.15 bits per heavy atom. The fraction of sp³-hybridized carbons (Fsp3) is 0.360. The Bertz CT molecular complexity index is 1090. The number of aliphatic hydroxyl groups is 1. The van der Waals surface area contributed by atoms with Gasteiger partial charge in [0.15, 0.2) is 11.5 Å². The second kappa shape index (κ2) is 9.54. The molecule has 0 aromatic heterocycles.